The highest BCUT2D eigenvalue weighted by molar-refractivity contribution is 5.92. The maximum absolute atomic E-state index is 11.1. The summed E-state index contributed by atoms with van der Waals surface area (Å²) in [6.07, 6.45) is 4.86. The molecule has 10 heteroatoms. The number of aliphatic carboxylic acids is 1. The van der Waals surface area contributed by atoms with Gasteiger partial charge in [-0.1, -0.05) is 0 Å². The zero-order chi connectivity index (χ0) is 21.7. The van der Waals surface area contributed by atoms with Crippen molar-refractivity contribution in [2.75, 3.05) is 13.7 Å². The van der Waals surface area contributed by atoms with E-state index in [0.717, 1.165) is 19.8 Å². The smallest absolute Gasteiger partial charge is 0.302 e. The summed E-state index contributed by atoms with van der Waals surface area (Å²) in [5, 5.41) is 7.42. The molecule has 28 heavy (non-hydrogen) atoms. The number of hydrogen-bond donors (Lipinski definition) is 2. The molecular weight excluding hydrogens is 372 g/mol. The zero-order valence-electron chi connectivity index (χ0n) is 16.4. The first-order valence-corrected chi connectivity index (χ1v) is 8.40. The molecule has 0 aliphatic carbocycles. The molecule has 1 aliphatic heterocycles. The number of carbonyl (C=O) groups is 4. The van der Waals surface area contributed by atoms with E-state index in [1.54, 1.807) is 18.3 Å². The number of carboxylic acids is 1. The Morgan fingerprint density at radius 3 is 2.25 bits per heavy atom. The predicted octanol–water partition coefficient (Wildman–Crippen LogP) is 0.584. The van der Waals surface area contributed by atoms with Crippen LogP contribution < -0.4 is 10.3 Å². The monoisotopic (exact) mass is 399 g/mol. The molecule has 2 heterocycles. The molecule has 1 saturated heterocycles. The lowest BCUT2D eigenvalue weighted by atomic mass is 10.2. The van der Waals surface area contributed by atoms with Crippen LogP contribution in [0, 0.1) is 0 Å². The second kappa shape index (κ2) is 13.2. The molecule has 1 amide bonds. The lowest BCUT2D eigenvalue weighted by molar-refractivity contribution is -0.759. The van der Waals surface area contributed by atoms with Gasteiger partial charge in [0.25, 0.3) is 18.1 Å². The van der Waals surface area contributed by atoms with Gasteiger partial charge in [0, 0.05) is 33.3 Å². The van der Waals surface area contributed by atoms with Crippen LogP contribution >= 0.6 is 0 Å². The summed E-state index contributed by atoms with van der Waals surface area (Å²) in [4.78, 5) is 40.4. The Balaban J connectivity index is 0.000000681. The van der Waals surface area contributed by atoms with Crippen molar-refractivity contribution in [3.8, 4) is 0 Å². The van der Waals surface area contributed by atoms with Crippen molar-refractivity contribution in [1.29, 1.82) is 0 Å². The fourth-order valence-electron chi connectivity index (χ4n) is 2.06. The number of nitrogens with zero attached hydrogens (tertiary/aromatic N) is 1. The third-order valence-corrected chi connectivity index (χ3v) is 3.28. The molecule has 0 spiro atoms. The molecule has 0 aromatic carbocycles. The summed E-state index contributed by atoms with van der Waals surface area (Å²) in [6, 6.07) is 3.41. The van der Waals surface area contributed by atoms with Gasteiger partial charge < -0.3 is 25.1 Å². The van der Waals surface area contributed by atoms with Crippen molar-refractivity contribution in [3.63, 3.8) is 0 Å². The Morgan fingerprint density at radius 1 is 1.21 bits per heavy atom. The van der Waals surface area contributed by atoms with Crippen molar-refractivity contribution in [3.05, 3.63) is 30.1 Å². The van der Waals surface area contributed by atoms with Crippen LogP contribution in [0.2, 0.25) is 0 Å². The third kappa shape index (κ3) is 11.6. The van der Waals surface area contributed by atoms with Crippen LogP contribution in [0.15, 0.2) is 24.5 Å². The van der Waals surface area contributed by atoms with Gasteiger partial charge >= 0.3 is 11.9 Å². The van der Waals surface area contributed by atoms with Gasteiger partial charge in [0.1, 0.15) is 12.2 Å². The highest BCUT2D eigenvalue weighted by Gasteiger charge is 2.32. The van der Waals surface area contributed by atoms with Gasteiger partial charge in [-0.25, -0.2) is 0 Å². The minimum absolute atomic E-state index is 0.0985. The van der Waals surface area contributed by atoms with Gasteiger partial charge in [-0.05, 0) is 12.5 Å². The van der Waals surface area contributed by atoms with Gasteiger partial charge in [-0.2, -0.15) is 4.57 Å². The van der Waals surface area contributed by atoms with Gasteiger partial charge in [-0.15, -0.1) is 0 Å². The van der Waals surface area contributed by atoms with Crippen LogP contribution in [0.4, 0.5) is 0 Å². The molecule has 0 radical (unpaired) electrons. The Bertz CT molecular complexity index is 673. The summed E-state index contributed by atoms with van der Waals surface area (Å²) in [5.41, 5.74) is 5.68. The lowest BCUT2D eigenvalue weighted by Crippen LogP contribution is -2.40. The van der Waals surface area contributed by atoms with E-state index >= 15 is 0 Å². The van der Waals surface area contributed by atoms with E-state index in [1.165, 1.54) is 21.0 Å². The number of methoxy groups -OCH3 is 1. The van der Waals surface area contributed by atoms with Crippen molar-refractivity contribution in [1.82, 2.24) is 0 Å². The van der Waals surface area contributed by atoms with Gasteiger partial charge in [0.15, 0.2) is 12.4 Å². The number of carbonyl (C=O) groups excluding carboxylic acids is 3. The molecule has 3 N–H and O–H groups in total. The van der Waals surface area contributed by atoms with Crippen LogP contribution in [0.3, 0.4) is 0 Å². The molecule has 156 valence electrons. The van der Waals surface area contributed by atoms with Gasteiger partial charge in [0.05, 0.1) is 13.2 Å². The normalized spacial score (nSPS) is 17.1. The summed E-state index contributed by atoms with van der Waals surface area (Å²) in [6.45, 7) is 4.08. The number of ether oxygens (including phenoxy) is 3. The zero-order valence-corrected chi connectivity index (χ0v) is 16.4. The lowest BCUT2D eigenvalue weighted by Gasteiger charge is -2.10. The number of rotatable bonds is 4. The predicted molar refractivity (Wildman–Crippen MR) is 95.9 cm³/mol. The number of esters is 2. The topological polar surface area (TPSA) is 146 Å². The Morgan fingerprint density at radius 2 is 1.79 bits per heavy atom. The summed E-state index contributed by atoms with van der Waals surface area (Å²) in [7, 11) is 1.35. The van der Waals surface area contributed by atoms with Crippen molar-refractivity contribution >= 4 is 23.8 Å². The first-order chi connectivity index (χ1) is 13.1. The third-order valence-electron chi connectivity index (χ3n) is 3.28. The van der Waals surface area contributed by atoms with E-state index in [2.05, 4.69) is 4.74 Å². The second-order valence-corrected chi connectivity index (χ2v) is 5.71. The standard InChI is InChI=1S/C13H16N2O4.C3H6O2.C2H4O2/c1-9(16)18-8-11-4-5-12(19-11)15-6-2-3-10(7-15)13(14)17;1-3(4)5-2;1-2(3)4/h2-3,6-7,11-12H,4-5,8H2,1H3,(H-,14,17);1-2H3;1H3,(H,3,4)/p+1. The average Bonchev–Trinajstić information content (AvgIpc) is 3.09. The molecule has 2 rings (SSSR count). The Kier molecular flexibility index (Phi) is 11.8. The van der Waals surface area contributed by atoms with Crippen molar-refractivity contribution < 1.29 is 43.1 Å². The number of pyridine rings is 1. The number of aromatic nitrogens is 1. The van der Waals surface area contributed by atoms with E-state index in [1.807, 2.05) is 10.8 Å². The molecule has 10 nitrogen and oxygen atoms in total. The number of primary amides is 1. The highest BCUT2D eigenvalue weighted by atomic mass is 16.6. The highest BCUT2D eigenvalue weighted by Crippen LogP contribution is 2.24. The molecule has 2 unspecified atom stereocenters. The van der Waals surface area contributed by atoms with E-state index in [-0.39, 0.29) is 30.9 Å². The molecule has 1 aromatic heterocycles. The minimum Gasteiger partial charge on any atom is -0.481 e. The summed E-state index contributed by atoms with van der Waals surface area (Å²) < 4.78 is 16.6. The van der Waals surface area contributed by atoms with Crippen LogP contribution in [0.5, 0.6) is 0 Å². The molecule has 0 bridgehead atoms. The van der Waals surface area contributed by atoms with Crippen molar-refractivity contribution in [2.45, 2.75) is 45.9 Å². The number of hydrogen-bond acceptors (Lipinski definition) is 7. The van der Waals surface area contributed by atoms with Gasteiger partial charge in [-0.3, -0.25) is 19.2 Å². The van der Waals surface area contributed by atoms with Gasteiger partial charge in [0.2, 0.25) is 0 Å². The quantitative estimate of drug-likeness (QED) is 0.552. The number of amides is 1. The largest absolute Gasteiger partial charge is 0.481 e. The minimum atomic E-state index is -0.833. The molecule has 1 aromatic rings. The van der Waals surface area contributed by atoms with Crippen LogP contribution in [-0.2, 0) is 28.6 Å². The Hall–Kier alpha value is -3.01. The van der Waals surface area contributed by atoms with Crippen LogP contribution in [-0.4, -0.2) is 48.7 Å². The van der Waals surface area contributed by atoms with E-state index in [0.29, 0.717) is 5.56 Å². The van der Waals surface area contributed by atoms with Crippen molar-refractivity contribution in [2.24, 2.45) is 5.73 Å². The maximum atomic E-state index is 11.1. The maximum Gasteiger partial charge on any atom is 0.302 e. The molecule has 0 saturated carbocycles. The second-order valence-electron chi connectivity index (χ2n) is 5.71. The van der Waals surface area contributed by atoms with E-state index in [4.69, 9.17) is 25.1 Å². The number of nitrogens with two attached hydrogens (primary N) is 1. The first kappa shape index (κ1) is 25.0. The number of carboxylic acid groups (broad SMARTS) is 1. The van der Waals surface area contributed by atoms with E-state index < -0.39 is 11.9 Å². The van der Waals surface area contributed by atoms with E-state index in [9.17, 15) is 14.4 Å². The molecule has 1 fully saturated rings. The fraction of sp³-hybridized carbons (Fsp3) is 0.500. The summed E-state index contributed by atoms with van der Waals surface area (Å²) in [5.74, 6) is -1.86. The van der Waals surface area contributed by atoms with Crippen LogP contribution in [0.1, 0.15) is 50.2 Å². The first-order valence-electron chi connectivity index (χ1n) is 8.40. The SMILES string of the molecule is CC(=O)O.CC(=O)OCC1CCC([n+]2cccc(C(N)=O)c2)O1.COC(C)=O. The Labute approximate surface area is 163 Å². The average molecular weight is 399 g/mol. The molecule has 1 aliphatic rings. The summed E-state index contributed by atoms with van der Waals surface area (Å²) >= 11 is 0. The van der Waals surface area contributed by atoms with Crippen LogP contribution in [0.25, 0.3) is 0 Å². The molecular formula is C18H27N2O8+. The molecule has 2 atom stereocenters. The fourth-order valence-corrected chi connectivity index (χ4v) is 2.06.